The van der Waals surface area contributed by atoms with Gasteiger partial charge in [-0.3, -0.25) is 0 Å². The van der Waals surface area contributed by atoms with Gasteiger partial charge in [0.05, 0.1) is 12.7 Å². The third-order valence-corrected chi connectivity index (χ3v) is 3.13. The lowest BCUT2D eigenvalue weighted by molar-refractivity contribution is -0.138. The number of benzene rings is 1. The van der Waals surface area contributed by atoms with Crippen molar-refractivity contribution in [3.63, 3.8) is 0 Å². The van der Waals surface area contributed by atoms with E-state index in [-0.39, 0.29) is 6.61 Å². The first kappa shape index (κ1) is 16.0. The highest BCUT2D eigenvalue weighted by molar-refractivity contribution is 9.10. The predicted molar refractivity (Wildman–Crippen MR) is 83.0 cm³/mol. The summed E-state index contributed by atoms with van der Waals surface area (Å²) in [4.78, 5) is 23.0. The van der Waals surface area contributed by atoms with Gasteiger partial charge in [0.2, 0.25) is 0 Å². The number of carbonyl (C=O) groups excluding carboxylic acids is 2. The Kier molecular flexibility index (Phi) is 5.55. The lowest BCUT2D eigenvalue weighted by Crippen LogP contribution is -2.04. The Morgan fingerprint density at radius 3 is 2.77 bits per heavy atom. The summed E-state index contributed by atoms with van der Waals surface area (Å²) >= 11 is 3.17. The molecule has 1 aromatic heterocycles. The number of hydrogen-bond donors (Lipinski definition) is 0. The van der Waals surface area contributed by atoms with Gasteiger partial charge in [-0.25, -0.2) is 9.59 Å². The van der Waals surface area contributed by atoms with Crippen LogP contribution >= 0.6 is 15.9 Å². The van der Waals surface area contributed by atoms with E-state index in [1.807, 2.05) is 0 Å². The lowest BCUT2D eigenvalue weighted by atomic mass is 10.1. The van der Waals surface area contributed by atoms with Gasteiger partial charge in [0.15, 0.2) is 4.67 Å². The van der Waals surface area contributed by atoms with E-state index in [0.29, 0.717) is 21.6 Å². The Balaban J connectivity index is 1.91. The van der Waals surface area contributed by atoms with Crippen LogP contribution < -0.4 is 0 Å². The van der Waals surface area contributed by atoms with Gasteiger partial charge in [0.25, 0.3) is 0 Å². The number of halogens is 1. The van der Waals surface area contributed by atoms with E-state index in [0.717, 1.165) is 0 Å². The molecule has 0 aliphatic rings. The number of carbonyl (C=O) groups is 2. The van der Waals surface area contributed by atoms with E-state index in [1.165, 1.54) is 19.3 Å². The predicted octanol–water partition coefficient (Wildman–Crippen LogP) is 3.59. The molecule has 0 radical (unpaired) electrons. The summed E-state index contributed by atoms with van der Waals surface area (Å²) in [6.07, 6.45) is 2.79. The fraction of sp³-hybridized carbons (Fsp3) is 0.125. The topological polar surface area (TPSA) is 65.7 Å². The highest BCUT2D eigenvalue weighted by atomic mass is 79.9. The van der Waals surface area contributed by atoms with E-state index >= 15 is 0 Å². The average Bonchev–Trinajstić information content (AvgIpc) is 2.96. The number of hydrogen-bond acceptors (Lipinski definition) is 5. The fourth-order valence-corrected chi connectivity index (χ4v) is 2.00. The number of furan rings is 1. The van der Waals surface area contributed by atoms with Gasteiger partial charge in [-0.05, 0) is 51.8 Å². The summed E-state index contributed by atoms with van der Waals surface area (Å²) in [5.74, 6) is -0.399. The molecule has 6 heteroatoms. The molecule has 0 atom stereocenters. The molecule has 2 aromatic rings. The molecule has 0 unspecified atom stereocenters. The molecule has 0 saturated heterocycles. The minimum absolute atomic E-state index is 0.0653. The average molecular weight is 365 g/mol. The molecule has 2 rings (SSSR count). The molecule has 0 aliphatic carbocycles. The third kappa shape index (κ3) is 4.60. The summed E-state index contributed by atoms with van der Waals surface area (Å²) in [5.41, 5.74) is 1.11. The van der Waals surface area contributed by atoms with Crippen molar-refractivity contribution in [2.45, 2.75) is 6.61 Å². The number of esters is 2. The number of methoxy groups -OCH3 is 1. The van der Waals surface area contributed by atoms with Crippen LogP contribution in [0.3, 0.4) is 0 Å². The van der Waals surface area contributed by atoms with Crippen LogP contribution in [0.2, 0.25) is 0 Å². The Bertz CT molecular complexity index is 702. The summed E-state index contributed by atoms with van der Waals surface area (Å²) < 4.78 is 15.5. The molecule has 0 fully saturated rings. The van der Waals surface area contributed by atoms with Crippen LogP contribution in [0.1, 0.15) is 21.7 Å². The zero-order valence-corrected chi connectivity index (χ0v) is 13.3. The Hall–Kier alpha value is -2.34. The molecule has 114 valence electrons. The van der Waals surface area contributed by atoms with Gasteiger partial charge < -0.3 is 13.9 Å². The van der Waals surface area contributed by atoms with Crippen molar-refractivity contribution in [1.29, 1.82) is 0 Å². The second-order valence-electron chi connectivity index (χ2n) is 4.27. The second-order valence-corrected chi connectivity index (χ2v) is 5.06. The first-order valence-electron chi connectivity index (χ1n) is 6.36. The van der Waals surface area contributed by atoms with Crippen LogP contribution in [0.15, 0.2) is 51.6 Å². The van der Waals surface area contributed by atoms with Gasteiger partial charge in [0.1, 0.15) is 12.4 Å². The van der Waals surface area contributed by atoms with Crippen LogP contribution in [0.25, 0.3) is 6.08 Å². The maximum absolute atomic E-state index is 11.6. The molecule has 1 aromatic carbocycles. The molecule has 0 spiro atoms. The molecule has 0 bridgehead atoms. The minimum Gasteiger partial charge on any atom is -0.465 e. The van der Waals surface area contributed by atoms with Crippen molar-refractivity contribution in [2.75, 3.05) is 7.11 Å². The largest absolute Gasteiger partial charge is 0.465 e. The van der Waals surface area contributed by atoms with Crippen molar-refractivity contribution in [2.24, 2.45) is 0 Å². The van der Waals surface area contributed by atoms with E-state index in [4.69, 9.17) is 9.15 Å². The maximum Gasteiger partial charge on any atom is 0.337 e. The van der Waals surface area contributed by atoms with E-state index in [1.54, 1.807) is 36.4 Å². The quantitative estimate of drug-likeness (QED) is 0.599. The molecule has 0 N–H and O–H groups in total. The minimum atomic E-state index is -0.504. The maximum atomic E-state index is 11.6. The zero-order chi connectivity index (χ0) is 15.9. The molecule has 0 saturated carbocycles. The van der Waals surface area contributed by atoms with Gasteiger partial charge in [-0.2, -0.15) is 0 Å². The molecule has 0 amide bonds. The summed E-state index contributed by atoms with van der Waals surface area (Å²) in [6, 6.07) is 10.1. The molecular weight excluding hydrogens is 352 g/mol. The molecule has 22 heavy (non-hydrogen) atoms. The normalized spacial score (nSPS) is 10.6. The Labute approximate surface area is 135 Å². The van der Waals surface area contributed by atoms with Gasteiger partial charge in [-0.15, -0.1) is 0 Å². The van der Waals surface area contributed by atoms with Crippen LogP contribution in [0.4, 0.5) is 0 Å². The van der Waals surface area contributed by atoms with Crippen molar-refractivity contribution >= 4 is 33.9 Å². The summed E-state index contributed by atoms with van der Waals surface area (Å²) in [7, 11) is 1.31. The number of ether oxygens (including phenoxy) is 2. The van der Waals surface area contributed by atoms with Crippen LogP contribution in [0.5, 0.6) is 0 Å². The van der Waals surface area contributed by atoms with Gasteiger partial charge in [-0.1, -0.05) is 12.1 Å². The fourth-order valence-electron chi connectivity index (χ4n) is 1.68. The van der Waals surface area contributed by atoms with Crippen molar-refractivity contribution in [3.05, 3.63) is 64.0 Å². The highest BCUT2D eigenvalue weighted by Crippen LogP contribution is 2.15. The Morgan fingerprint density at radius 1 is 1.27 bits per heavy atom. The molecular formula is C16H13BrO5. The van der Waals surface area contributed by atoms with Gasteiger partial charge in [0, 0.05) is 6.08 Å². The molecule has 0 aliphatic heterocycles. The third-order valence-electron chi connectivity index (χ3n) is 2.71. The van der Waals surface area contributed by atoms with Crippen LogP contribution in [0, 0.1) is 0 Å². The van der Waals surface area contributed by atoms with E-state index in [9.17, 15) is 9.59 Å². The van der Waals surface area contributed by atoms with Crippen LogP contribution in [-0.4, -0.2) is 19.0 Å². The Morgan fingerprint density at radius 2 is 2.09 bits per heavy atom. The SMILES string of the molecule is COC(=O)c1cccc(COC(=O)/C=C/c2ccc(Br)o2)c1. The lowest BCUT2D eigenvalue weighted by Gasteiger charge is -2.04. The molecule has 1 heterocycles. The second kappa shape index (κ2) is 7.61. The summed E-state index contributed by atoms with van der Waals surface area (Å²) in [6.45, 7) is 0.0653. The standard InChI is InChI=1S/C16H13BrO5/c1-20-16(19)12-4-2-3-11(9-12)10-21-15(18)8-6-13-5-7-14(17)22-13/h2-9H,10H2,1H3/b8-6+. The van der Waals surface area contributed by atoms with E-state index in [2.05, 4.69) is 20.7 Å². The highest BCUT2D eigenvalue weighted by Gasteiger charge is 2.06. The van der Waals surface area contributed by atoms with Crippen molar-refractivity contribution in [1.82, 2.24) is 0 Å². The van der Waals surface area contributed by atoms with Crippen molar-refractivity contribution < 1.29 is 23.5 Å². The first-order valence-corrected chi connectivity index (χ1v) is 7.15. The zero-order valence-electron chi connectivity index (χ0n) is 11.7. The monoisotopic (exact) mass is 364 g/mol. The van der Waals surface area contributed by atoms with E-state index < -0.39 is 11.9 Å². The smallest absolute Gasteiger partial charge is 0.337 e. The van der Waals surface area contributed by atoms with Gasteiger partial charge >= 0.3 is 11.9 Å². The summed E-state index contributed by atoms with van der Waals surface area (Å²) in [5, 5.41) is 0. The number of rotatable bonds is 5. The van der Waals surface area contributed by atoms with Crippen LogP contribution in [-0.2, 0) is 20.9 Å². The van der Waals surface area contributed by atoms with Crippen molar-refractivity contribution in [3.8, 4) is 0 Å². The first-order chi connectivity index (χ1) is 10.6. The molecule has 5 nitrogen and oxygen atoms in total.